The SMILES string of the molecule is O=C(O)CC(=O)C1CCCC2CCCCC2CC1. The second kappa shape index (κ2) is 6.35. The van der Waals surface area contributed by atoms with Crippen LogP contribution in [0, 0.1) is 17.8 Å². The van der Waals surface area contributed by atoms with E-state index in [0.717, 1.165) is 37.5 Å². The summed E-state index contributed by atoms with van der Waals surface area (Å²) >= 11 is 0. The van der Waals surface area contributed by atoms with Crippen LogP contribution in [0.1, 0.15) is 64.2 Å². The molecule has 0 aromatic carbocycles. The Balaban J connectivity index is 1.88. The van der Waals surface area contributed by atoms with Gasteiger partial charge < -0.3 is 5.11 Å². The average Bonchev–Trinajstić information content (AvgIpc) is 2.29. The molecule has 18 heavy (non-hydrogen) atoms. The Labute approximate surface area is 109 Å². The predicted octanol–water partition coefficient (Wildman–Crippen LogP) is 3.42. The summed E-state index contributed by atoms with van der Waals surface area (Å²) in [5.74, 6) is 0.687. The van der Waals surface area contributed by atoms with E-state index >= 15 is 0 Å². The van der Waals surface area contributed by atoms with Crippen molar-refractivity contribution in [3.05, 3.63) is 0 Å². The Bertz CT molecular complexity index is 311. The molecule has 1 N–H and O–H groups in total. The van der Waals surface area contributed by atoms with Crippen molar-refractivity contribution in [3.8, 4) is 0 Å². The van der Waals surface area contributed by atoms with Crippen molar-refractivity contribution in [2.45, 2.75) is 64.2 Å². The molecule has 2 fully saturated rings. The molecule has 0 radical (unpaired) electrons. The summed E-state index contributed by atoms with van der Waals surface area (Å²) in [6.45, 7) is 0. The number of carbonyl (C=O) groups is 2. The molecule has 0 saturated heterocycles. The van der Waals surface area contributed by atoms with Crippen LogP contribution in [-0.2, 0) is 9.59 Å². The minimum Gasteiger partial charge on any atom is -0.481 e. The van der Waals surface area contributed by atoms with Crippen LogP contribution >= 0.6 is 0 Å². The first kappa shape index (κ1) is 13.6. The largest absolute Gasteiger partial charge is 0.481 e. The van der Waals surface area contributed by atoms with Crippen molar-refractivity contribution in [1.82, 2.24) is 0 Å². The fraction of sp³-hybridized carbons (Fsp3) is 0.867. The lowest BCUT2D eigenvalue weighted by molar-refractivity contribution is -0.141. The topological polar surface area (TPSA) is 54.4 Å². The maximum absolute atomic E-state index is 11.9. The van der Waals surface area contributed by atoms with Crippen molar-refractivity contribution in [2.75, 3.05) is 0 Å². The lowest BCUT2D eigenvalue weighted by atomic mass is 9.71. The Hall–Kier alpha value is -0.860. The Kier molecular flexibility index (Phi) is 4.79. The van der Waals surface area contributed by atoms with Crippen LogP contribution in [0.15, 0.2) is 0 Å². The summed E-state index contributed by atoms with van der Waals surface area (Å²) in [5, 5.41) is 8.71. The maximum atomic E-state index is 11.9. The zero-order chi connectivity index (χ0) is 13.0. The number of rotatable bonds is 3. The van der Waals surface area contributed by atoms with Gasteiger partial charge in [-0.3, -0.25) is 9.59 Å². The van der Waals surface area contributed by atoms with Gasteiger partial charge in [-0.05, 0) is 31.1 Å². The highest BCUT2D eigenvalue weighted by atomic mass is 16.4. The van der Waals surface area contributed by atoms with Crippen molar-refractivity contribution >= 4 is 11.8 Å². The van der Waals surface area contributed by atoms with E-state index < -0.39 is 5.97 Å². The van der Waals surface area contributed by atoms with E-state index in [0.29, 0.717) is 0 Å². The third-order valence-electron chi connectivity index (χ3n) is 4.86. The van der Waals surface area contributed by atoms with E-state index in [-0.39, 0.29) is 18.1 Å². The van der Waals surface area contributed by atoms with Gasteiger partial charge in [0, 0.05) is 5.92 Å². The van der Waals surface area contributed by atoms with Crippen molar-refractivity contribution in [1.29, 1.82) is 0 Å². The van der Waals surface area contributed by atoms with E-state index in [2.05, 4.69) is 0 Å². The van der Waals surface area contributed by atoms with Gasteiger partial charge in [0.15, 0.2) is 0 Å². The molecule has 0 bridgehead atoms. The second-order valence-electron chi connectivity index (χ2n) is 6.05. The van der Waals surface area contributed by atoms with Gasteiger partial charge in [-0.2, -0.15) is 0 Å². The number of Topliss-reactive ketones (excluding diaryl/α,β-unsaturated/α-hetero) is 1. The van der Waals surface area contributed by atoms with Crippen LogP contribution < -0.4 is 0 Å². The zero-order valence-electron chi connectivity index (χ0n) is 11.1. The van der Waals surface area contributed by atoms with E-state index in [1.807, 2.05) is 0 Å². The fourth-order valence-electron chi connectivity index (χ4n) is 3.85. The Morgan fingerprint density at radius 2 is 1.44 bits per heavy atom. The summed E-state index contributed by atoms with van der Waals surface area (Å²) < 4.78 is 0. The molecule has 102 valence electrons. The number of carboxylic acids is 1. The fourth-order valence-corrected chi connectivity index (χ4v) is 3.85. The van der Waals surface area contributed by atoms with Crippen LogP contribution in [0.4, 0.5) is 0 Å². The number of fused-ring (bicyclic) bond motifs is 1. The van der Waals surface area contributed by atoms with Gasteiger partial charge >= 0.3 is 5.97 Å². The standard InChI is InChI=1S/C15H24O3/c16-14(10-15(17)18)13-7-3-6-11-4-1-2-5-12(11)8-9-13/h11-13H,1-10H2,(H,17,18). The quantitative estimate of drug-likeness (QED) is 0.783. The first-order valence-corrected chi connectivity index (χ1v) is 7.41. The third-order valence-corrected chi connectivity index (χ3v) is 4.86. The first-order chi connectivity index (χ1) is 8.66. The van der Waals surface area contributed by atoms with Crippen LogP contribution in [0.5, 0.6) is 0 Å². The molecule has 0 aromatic rings. The minimum absolute atomic E-state index is 0.0176. The van der Waals surface area contributed by atoms with Crippen molar-refractivity contribution in [3.63, 3.8) is 0 Å². The molecule has 3 heteroatoms. The smallest absolute Gasteiger partial charge is 0.310 e. The highest BCUT2D eigenvalue weighted by molar-refractivity contribution is 5.95. The van der Waals surface area contributed by atoms with Crippen molar-refractivity contribution < 1.29 is 14.7 Å². The molecule has 3 nitrogen and oxygen atoms in total. The summed E-state index contributed by atoms with van der Waals surface area (Å²) in [4.78, 5) is 22.5. The maximum Gasteiger partial charge on any atom is 0.310 e. The van der Waals surface area contributed by atoms with Gasteiger partial charge in [-0.15, -0.1) is 0 Å². The number of hydrogen-bond acceptors (Lipinski definition) is 2. The van der Waals surface area contributed by atoms with Crippen LogP contribution in [0.3, 0.4) is 0 Å². The lowest BCUT2D eigenvalue weighted by Crippen LogP contribution is -2.26. The van der Waals surface area contributed by atoms with Crippen LogP contribution in [-0.4, -0.2) is 16.9 Å². The van der Waals surface area contributed by atoms with E-state index in [1.54, 1.807) is 0 Å². The zero-order valence-corrected chi connectivity index (χ0v) is 11.1. The Morgan fingerprint density at radius 3 is 2.11 bits per heavy atom. The summed E-state index contributed by atoms with van der Waals surface area (Å²) in [6.07, 6.45) is 10.5. The van der Waals surface area contributed by atoms with Crippen LogP contribution in [0.2, 0.25) is 0 Å². The van der Waals surface area contributed by atoms with E-state index in [4.69, 9.17) is 5.11 Å². The van der Waals surface area contributed by atoms with E-state index in [1.165, 1.54) is 32.1 Å². The molecule has 3 unspecified atom stereocenters. The number of hydrogen-bond donors (Lipinski definition) is 1. The molecule has 2 saturated carbocycles. The van der Waals surface area contributed by atoms with Gasteiger partial charge in [-0.25, -0.2) is 0 Å². The summed E-state index contributed by atoms with van der Waals surface area (Å²) in [7, 11) is 0. The molecule has 0 heterocycles. The number of aliphatic carboxylic acids is 1. The van der Waals surface area contributed by atoms with Crippen molar-refractivity contribution in [2.24, 2.45) is 17.8 Å². The van der Waals surface area contributed by atoms with Gasteiger partial charge in [0.2, 0.25) is 0 Å². The Morgan fingerprint density at radius 1 is 0.833 bits per heavy atom. The molecule has 2 aliphatic carbocycles. The monoisotopic (exact) mass is 252 g/mol. The van der Waals surface area contributed by atoms with Gasteiger partial charge in [-0.1, -0.05) is 38.5 Å². The van der Waals surface area contributed by atoms with Gasteiger partial charge in [0.1, 0.15) is 12.2 Å². The normalized spacial score (nSPS) is 33.0. The number of ketones is 1. The molecule has 0 amide bonds. The molecule has 3 atom stereocenters. The summed E-state index contributed by atoms with van der Waals surface area (Å²) in [6, 6.07) is 0. The predicted molar refractivity (Wildman–Crippen MR) is 69.3 cm³/mol. The molecule has 0 aromatic heterocycles. The van der Waals surface area contributed by atoms with Gasteiger partial charge in [0.05, 0.1) is 0 Å². The third kappa shape index (κ3) is 3.56. The molecule has 0 aliphatic heterocycles. The van der Waals surface area contributed by atoms with E-state index in [9.17, 15) is 9.59 Å². The average molecular weight is 252 g/mol. The number of carbonyl (C=O) groups excluding carboxylic acids is 1. The second-order valence-corrected chi connectivity index (χ2v) is 6.05. The highest BCUT2D eigenvalue weighted by Crippen LogP contribution is 2.39. The molecule has 2 aliphatic rings. The lowest BCUT2D eigenvalue weighted by Gasteiger charge is -2.34. The van der Waals surface area contributed by atoms with Gasteiger partial charge in [0.25, 0.3) is 0 Å². The van der Waals surface area contributed by atoms with Crippen LogP contribution in [0.25, 0.3) is 0 Å². The first-order valence-electron chi connectivity index (χ1n) is 7.41. The summed E-state index contributed by atoms with van der Waals surface area (Å²) in [5.41, 5.74) is 0. The minimum atomic E-state index is -0.974. The highest BCUT2D eigenvalue weighted by Gasteiger charge is 2.30. The molecular weight excluding hydrogens is 228 g/mol. The molecule has 0 spiro atoms. The molecular formula is C15H24O3. The number of carboxylic acid groups (broad SMARTS) is 1. The molecule has 2 rings (SSSR count).